The third-order valence-electron chi connectivity index (χ3n) is 3.92. The van der Waals surface area contributed by atoms with Gasteiger partial charge in [0.05, 0.1) is 20.0 Å². The molecule has 0 saturated heterocycles. The van der Waals surface area contributed by atoms with Crippen molar-refractivity contribution in [3.63, 3.8) is 0 Å². The molecule has 2 aromatic rings. The van der Waals surface area contributed by atoms with Crippen molar-refractivity contribution in [2.75, 3.05) is 20.0 Å². The van der Waals surface area contributed by atoms with E-state index in [4.69, 9.17) is 13.9 Å². The molecule has 0 spiro atoms. The van der Waals surface area contributed by atoms with E-state index < -0.39 is 0 Å². The zero-order valence-electron chi connectivity index (χ0n) is 16.4. The number of nitrogens with zero attached hydrogens (tertiary/aromatic N) is 2. The summed E-state index contributed by atoms with van der Waals surface area (Å²) in [6.45, 7) is 6.37. The second-order valence-electron chi connectivity index (χ2n) is 6.70. The van der Waals surface area contributed by atoms with E-state index in [2.05, 4.69) is 29.4 Å². The van der Waals surface area contributed by atoms with Crippen LogP contribution in [0.3, 0.4) is 0 Å². The van der Waals surface area contributed by atoms with Crippen molar-refractivity contribution in [3.8, 4) is 23.0 Å². The molecule has 2 rings (SSSR count). The lowest BCUT2D eigenvalue weighted by atomic mass is 10.0. The Labute approximate surface area is 164 Å². The Balaban J connectivity index is 1.92. The number of rotatable bonds is 10. The van der Waals surface area contributed by atoms with Gasteiger partial charge < -0.3 is 19.2 Å². The van der Waals surface area contributed by atoms with Crippen LogP contribution in [0.5, 0.6) is 11.5 Å². The molecule has 0 bridgehead atoms. The summed E-state index contributed by atoms with van der Waals surface area (Å²) in [5.74, 6) is 2.43. The Morgan fingerprint density at radius 2 is 1.78 bits per heavy atom. The van der Waals surface area contributed by atoms with Gasteiger partial charge in [0, 0.05) is 17.7 Å². The molecule has 1 aromatic heterocycles. The van der Waals surface area contributed by atoms with Gasteiger partial charge in [-0.15, -0.1) is 10.2 Å². The summed E-state index contributed by atoms with van der Waals surface area (Å²) in [4.78, 5) is 12.1. The number of hydrogen-bond acceptors (Lipinski definition) is 7. The third kappa shape index (κ3) is 6.78. The predicted molar refractivity (Wildman–Crippen MR) is 105 cm³/mol. The standard InChI is InChI=1S/C19H27N3O4S/c1-12(2)6-7-13(3)20-17(23)11-27-19-22-21-18(26-19)14-8-15(24-4)10-16(9-14)25-5/h8-10,12-13H,6-7,11H2,1-5H3,(H,20,23)/t13-/m1/s1. The van der Waals surface area contributed by atoms with E-state index >= 15 is 0 Å². The minimum Gasteiger partial charge on any atom is -0.497 e. The van der Waals surface area contributed by atoms with E-state index in [9.17, 15) is 4.79 Å². The van der Waals surface area contributed by atoms with Crippen LogP contribution in [0, 0.1) is 5.92 Å². The molecule has 0 aliphatic heterocycles. The van der Waals surface area contributed by atoms with Gasteiger partial charge in [-0.25, -0.2) is 0 Å². The lowest BCUT2D eigenvalue weighted by molar-refractivity contribution is -0.119. The van der Waals surface area contributed by atoms with Crippen LogP contribution in [0.15, 0.2) is 27.8 Å². The molecular weight excluding hydrogens is 366 g/mol. The largest absolute Gasteiger partial charge is 0.497 e. The Kier molecular flexibility index (Phi) is 7.97. The molecule has 0 aliphatic carbocycles. The number of methoxy groups -OCH3 is 2. The van der Waals surface area contributed by atoms with Gasteiger partial charge in [0.25, 0.3) is 5.22 Å². The monoisotopic (exact) mass is 393 g/mol. The Hall–Kier alpha value is -2.22. The van der Waals surface area contributed by atoms with Crippen LogP contribution in [-0.2, 0) is 4.79 Å². The summed E-state index contributed by atoms with van der Waals surface area (Å²) in [5.41, 5.74) is 0.692. The predicted octanol–water partition coefficient (Wildman–Crippen LogP) is 3.79. The first-order valence-corrected chi connectivity index (χ1v) is 9.89. The molecule has 27 heavy (non-hydrogen) atoms. The summed E-state index contributed by atoms with van der Waals surface area (Å²) in [5, 5.41) is 11.4. The lowest BCUT2D eigenvalue weighted by Gasteiger charge is -2.14. The molecular formula is C19H27N3O4S. The molecule has 1 amide bonds. The van der Waals surface area contributed by atoms with Crippen LogP contribution in [0.1, 0.15) is 33.6 Å². The van der Waals surface area contributed by atoms with E-state index in [1.165, 1.54) is 11.8 Å². The summed E-state index contributed by atoms with van der Waals surface area (Å²) in [6.07, 6.45) is 2.06. The summed E-state index contributed by atoms with van der Waals surface area (Å²) < 4.78 is 16.1. The molecule has 1 atom stereocenters. The van der Waals surface area contributed by atoms with Crippen molar-refractivity contribution in [1.82, 2.24) is 15.5 Å². The molecule has 0 fully saturated rings. The van der Waals surface area contributed by atoms with E-state index in [0.717, 1.165) is 12.8 Å². The van der Waals surface area contributed by atoms with Crippen molar-refractivity contribution in [2.45, 2.75) is 44.9 Å². The number of carbonyl (C=O) groups is 1. The molecule has 1 N–H and O–H groups in total. The molecule has 0 radical (unpaired) electrons. The fourth-order valence-corrected chi connectivity index (χ4v) is 2.99. The van der Waals surface area contributed by atoms with Crippen LogP contribution in [-0.4, -0.2) is 42.1 Å². The maximum absolute atomic E-state index is 12.1. The maximum Gasteiger partial charge on any atom is 0.277 e. The van der Waals surface area contributed by atoms with Crippen molar-refractivity contribution in [1.29, 1.82) is 0 Å². The van der Waals surface area contributed by atoms with Gasteiger partial charge in [-0.1, -0.05) is 25.6 Å². The fraction of sp³-hybridized carbons (Fsp3) is 0.526. The molecule has 148 valence electrons. The SMILES string of the molecule is COc1cc(OC)cc(-c2nnc(SCC(=O)N[C@H](C)CCC(C)C)o2)c1. The number of carbonyl (C=O) groups excluding carboxylic acids is 1. The van der Waals surface area contributed by atoms with Crippen LogP contribution in [0.4, 0.5) is 0 Å². The van der Waals surface area contributed by atoms with Crippen molar-refractivity contribution in [3.05, 3.63) is 18.2 Å². The van der Waals surface area contributed by atoms with Crippen LogP contribution in [0.25, 0.3) is 11.5 Å². The summed E-state index contributed by atoms with van der Waals surface area (Å²) in [7, 11) is 3.16. The highest BCUT2D eigenvalue weighted by Crippen LogP contribution is 2.30. The molecule has 0 unspecified atom stereocenters. The van der Waals surface area contributed by atoms with Crippen molar-refractivity contribution in [2.24, 2.45) is 5.92 Å². The third-order valence-corrected chi connectivity index (χ3v) is 4.73. The summed E-state index contributed by atoms with van der Waals surface area (Å²) in [6, 6.07) is 5.49. The van der Waals surface area contributed by atoms with E-state index in [-0.39, 0.29) is 17.7 Å². The van der Waals surface area contributed by atoms with Gasteiger partial charge in [0.2, 0.25) is 11.8 Å². The first-order valence-electron chi connectivity index (χ1n) is 8.90. The quantitative estimate of drug-likeness (QED) is 0.615. The minimum atomic E-state index is -0.0425. The van der Waals surface area contributed by atoms with E-state index in [0.29, 0.717) is 34.1 Å². The molecule has 1 aromatic carbocycles. The van der Waals surface area contributed by atoms with Crippen molar-refractivity contribution < 1.29 is 18.7 Å². The second kappa shape index (κ2) is 10.2. The average Bonchev–Trinajstić information content (AvgIpc) is 3.13. The van der Waals surface area contributed by atoms with E-state index in [1.807, 2.05) is 6.92 Å². The van der Waals surface area contributed by atoms with Crippen molar-refractivity contribution >= 4 is 17.7 Å². The number of hydrogen-bond donors (Lipinski definition) is 1. The smallest absolute Gasteiger partial charge is 0.277 e. The number of amides is 1. The highest BCUT2D eigenvalue weighted by molar-refractivity contribution is 7.99. The topological polar surface area (TPSA) is 86.5 Å². The van der Waals surface area contributed by atoms with Gasteiger partial charge >= 0.3 is 0 Å². The van der Waals surface area contributed by atoms with Crippen LogP contribution >= 0.6 is 11.8 Å². The molecule has 8 heteroatoms. The second-order valence-corrected chi connectivity index (χ2v) is 7.63. The molecule has 0 saturated carbocycles. The fourth-order valence-electron chi connectivity index (χ4n) is 2.41. The zero-order valence-corrected chi connectivity index (χ0v) is 17.3. The highest BCUT2D eigenvalue weighted by atomic mass is 32.2. The highest BCUT2D eigenvalue weighted by Gasteiger charge is 2.14. The first kappa shape index (κ1) is 21.1. The Bertz CT molecular complexity index is 726. The average molecular weight is 394 g/mol. The van der Waals surface area contributed by atoms with Gasteiger partial charge in [0.15, 0.2) is 0 Å². The number of nitrogens with one attached hydrogen (secondary N) is 1. The number of thioether (sulfide) groups is 1. The number of benzene rings is 1. The minimum absolute atomic E-state index is 0.0425. The number of ether oxygens (including phenoxy) is 2. The van der Waals surface area contributed by atoms with Gasteiger partial charge in [-0.05, 0) is 37.8 Å². The molecule has 0 aliphatic rings. The number of aromatic nitrogens is 2. The van der Waals surface area contributed by atoms with Gasteiger partial charge in [-0.2, -0.15) is 0 Å². The summed E-state index contributed by atoms with van der Waals surface area (Å²) >= 11 is 1.22. The lowest BCUT2D eigenvalue weighted by Crippen LogP contribution is -2.34. The molecule has 7 nitrogen and oxygen atoms in total. The van der Waals surface area contributed by atoms with Crippen LogP contribution < -0.4 is 14.8 Å². The normalized spacial score (nSPS) is 12.1. The zero-order chi connectivity index (χ0) is 19.8. The Morgan fingerprint density at radius 1 is 1.11 bits per heavy atom. The van der Waals surface area contributed by atoms with Gasteiger partial charge in [0.1, 0.15) is 11.5 Å². The Morgan fingerprint density at radius 3 is 2.37 bits per heavy atom. The first-order chi connectivity index (χ1) is 12.9. The maximum atomic E-state index is 12.1. The van der Waals surface area contributed by atoms with E-state index in [1.54, 1.807) is 32.4 Å². The molecule has 1 heterocycles. The van der Waals surface area contributed by atoms with Crippen LogP contribution in [0.2, 0.25) is 0 Å². The van der Waals surface area contributed by atoms with Gasteiger partial charge in [-0.3, -0.25) is 4.79 Å².